The predicted molar refractivity (Wildman–Crippen MR) is 50.9 cm³/mol. The van der Waals surface area contributed by atoms with E-state index in [0.29, 0.717) is 4.47 Å². The second-order valence-electron chi connectivity index (χ2n) is 2.17. The Hall–Kier alpha value is -1.16. The van der Waals surface area contributed by atoms with E-state index in [9.17, 15) is 10.1 Å². The fraction of sp³-hybridized carbons (Fsp3) is 0. The van der Waals surface area contributed by atoms with Gasteiger partial charge in [-0.15, -0.1) is 0 Å². The van der Waals surface area contributed by atoms with Crippen molar-refractivity contribution in [2.75, 3.05) is 0 Å². The zero-order valence-electron chi connectivity index (χ0n) is 6.16. The normalized spacial score (nSPS) is 9.42. The van der Waals surface area contributed by atoms with Crippen molar-refractivity contribution < 1.29 is 4.92 Å². The molecule has 0 unspecified atom stereocenters. The van der Waals surface area contributed by atoms with Crippen LogP contribution in [-0.4, -0.2) is 4.92 Å². The first-order valence-electron chi connectivity index (χ1n) is 3.21. The zero-order chi connectivity index (χ0) is 9.14. The molecule has 0 N–H and O–H groups in total. The van der Waals surface area contributed by atoms with Crippen LogP contribution in [0.5, 0.6) is 0 Å². The second kappa shape index (κ2) is 3.49. The molecule has 62 valence electrons. The van der Waals surface area contributed by atoms with E-state index >= 15 is 0 Å². The smallest absolute Gasteiger partial charge is 0.258 e. The molecule has 0 aliphatic rings. The maximum absolute atomic E-state index is 10.3. The van der Waals surface area contributed by atoms with Gasteiger partial charge >= 0.3 is 0 Å². The molecule has 1 rings (SSSR count). The van der Waals surface area contributed by atoms with Crippen LogP contribution in [0.3, 0.4) is 0 Å². The lowest BCUT2D eigenvalue weighted by Crippen LogP contribution is -1.87. The molecule has 0 atom stereocenters. The van der Waals surface area contributed by atoms with E-state index in [1.165, 1.54) is 12.1 Å². The van der Waals surface area contributed by atoms with Gasteiger partial charge in [-0.05, 0) is 27.6 Å². The first-order chi connectivity index (χ1) is 5.65. The van der Waals surface area contributed by atoms with Crippen molar-refractivity contribution in [1.82, 2.24) is 0 Å². The van der Waals surface area contributed by atoms with Crippen LogP contribution in [0.1, 0.15) is 5.56 Å². The van der Waals surface area contributed by atoms with Crippen LogP contribution < -0.4 is 0 Å². The molecular formula is C8H6BrNO2. The van der Waals surface area contributed by atoms with Gasteiger partial charge in [-0.2, -0.15) is 0 Å². The van der Waals surface area contributed by atoms with Crippen molar-refractivity contribution in [3.63, 3.8) is 0 Å². The summed E-state index contributed by atoms with van der Waals surface area (Å²) in [6.07, 6.45) is 1.63. The molecule has 4 heteroatoms. The predicted octanol–water partition coefficient (Wildman–Crippen LogP) is 3.00. The minimum atomic E-state index is -0.433. The Bertz CT molecular complexity index is 336. The van der Waals surface area contributed by atoms with E-state index in [0.717, 1.165) is 5.56 Å². The minimum absolute atomic E-state index is 0.0764. The Labute approximate surface area is 78.0 Å². The molecule has 0 saturated heterocycles. The number of hydrogen-bond acceptors (Lipinski definition) is 2. The number of nitrogens with zero attached hydrogens (tertiary/aromatic N) is 1. The molecule has 0 aliphatic carbocycles. The van der Waals surface area contributed by atoms with Crippen molar-refractivity contribution in [2.45, 2.75) is 0 Å². The average Bonchev–Trinajstić information content (AvgIpc) is 2.04. The Morgan fingerprint density at radius 3 is 2.67 bits per heavy atom. The van der Waals surface area contributed by atoms with Crippen LogP contribution in [0.4, 0.5) is 5.69 Å². The summed E-state index contributed by atoms with van der Waals surface area (Å²) in [4.78, 5) is 9.88. The van der Waals surface area contributed by atoms with Crippen molar-refractivity contribution in [1.29, 1.82) is 0 Å². The fourth-order valence-corrected chi connectivity index (χ4v) is 1.32. The first kappa shape index (κ1) is 8.93. The molecule has 0 saturated carbocycles. The standard InChI is InChI=1S/C8H6BrNO2/c1-2-6-3-4-7(10(11)12)5-8(6)9/h2-5H,1H2. The Balaban J connectivity index is 3.18. The minimum Gasteiger partial charge on any atom is -0.258 e. The van der Waals surface area contributed by atoms with Gasteiger partial charge in [0.25, 0.3) is 5.69 Å². The third-order valence-electron chi connectivity index (χ3n) is 1.41. The Morgan fingerprint density at radius 2 is 2.25 bits per heavy atom. The molecule has 0 heterocycles. The summed E-state index contributed by atoms with van der Waals surface area (Å²) in [6.45, 7) is 3.57. The summed E-state index contributed by atoms with van der Waals surface area (Å²) in [5.74, 6) is 0. The molecule has 0 aliphatic heterocycles. The maximum Gasteiger partial charge on any atom is 0.270 e. The van der Waals surface area contributed by atoms with Gasteiger partial charge in [0.15, 0.2) is 0 Å². The van der Waals surface area contributed by atoms with Gasteiger partial charge in [-0.25, -0.2) is 0 Å². The molecule has 3 nitrogen and oxygen atoms in total. The van der Waals surface area contributed by atoms with E-state index in [1.54, 1.807) is 12.1 Å². The molecule has 0 bridgehead atoms. The molecule has 12 heavy (non-hydrogen) atoms. The van der Waals surface area contributed by atoms with Crippen molar-refractivity contribution in [2.24, 2.45) is 0 Å². The largest absolute Gasteiger partial charge is 0.270 e. The lowest BCUT2D eigenvalue weighted by atomic mass is 10.2. The van der Waals surface area contributed by atoms with Crippen molar-refractivity contribution in [3.05, 3.63) is 44.9 Å². The van der Waals surface area contributed by atoms with Crippen molar-refractivity contribution >= 4 is 27.7 Å². The van der Waals surface area contributed by atoms with Crippen LogP contribution in [-0.2, 0) is 0 Å². The summed E-state index contributed by atoms with van der Waals surface area (Å²) >= 11 is 3.20. The highest BCUT2D eigenvalue weighted by Crippen LogP contribution is 2.23. The lowest BCUT2D eigenvalue weighted by molar-refractivity contribution is -0.384. The van der Waals surface area contributed by atoms with E-state index in [1.807, 2.05) is 0 Å². The number of nitro groups is 1. The Morgan fingerprint density at radius 1 is 1.58 bits per heavy atom. The number of halogens is 1. The molecule has 0 fully saturated rings. The van der Waals surface area contributed by atoms with Gasteiger partial charge in [-0.1, -0.05) is 12.7 Å². The average molecular weight is 228 g/mol. The van der Waals surface area contributed by atoms with Gasteiger partial charge in [-0.3, -0.25) is 10.1 Å². The summed E-state index contributed by atoms with van der Waals surface area (Å²) in [5.41, 5.74) is 0.924. The van der Waals surface area contributed by atoms with Crippen LogP contribution in [0.15, 0.2) is 29.3 Å². The third-order valence-corrected chi connectivity index (χ3v) is 2.10. The number of rotatable bonds is 2. The highest BCUT2D eigenvalue weighted by molar-refractivity contribution is 9.10. The molecule has 1 aromatic rings. The topological polar surface area (TPSA) is 43.1 Å². The van der Waals surface area contributed by atoms with Gasteiger partial charge in [0, 0.05) is 16.6 Å². The summed E-state index contributed by atoms with van der Waals surface area (Å²) in [5, 5.41) is 10.3. The van der Waals surface area contributed by atoms with Crippen LogP contribution in [0.2, 0.25) is 0 Å². The number of nitro benzene ring substituents is 1. The van der Waals surface area contributed by atoms with Gasteiger partial charge in [0.2, 0.25) is 0 Å². The molecule has 0 aromatic heterocycles. The monoisotopic (exact) mass is 227 g/mol. The second-order valence-corrected chi connectivity index (χ2v) is 3.02. The molecule has 0 radical (unpaired) electrons. The lowest BCUT2D eigenvalue weighted by Gasteiger charge is -1.96. The maximum atomic E-state index is 10.3. The quantitative estimate of drug-likeness (QED) is 0.576. The van der Waals surface area contributed by atoms with Crippen LogP contribution >= 0.6 is 15.9 Å². The highest BCUT2D eigenvalue weighted by atomic mass is 79.9. The SMILES string of the molecule is C=Cc1ccc([N+](=O)[O-])cc1Br. The third kappa shape index (κ3) is 1.71. The van der Waals surface area contributed by atoms with Crippen LogP contribution in [0, 0.1) is 10.1 Å². The molecule has 0 spiro atoms. The van der Waals surface area contributed by atoms with Gasteiger partial charge in [0.05, 0.1) is 4.92 Å². The van der Waals surface area contributed by atoms with E-state index in [-0.39, 0.29) is 5.69 Å². The van der Waals surface area contributed by atoms with Gasteiger partial charge in [0.1, 0.15) is 0 Å². The van der Waals surface area contributed by atoms with Crippen molar-refractivity contribution in [3.8, 4) is 0 Å². The number of hydrogen-bond donors (Lipinski definition) is 0. The van der Waals surface area contributed by atoms with Crippen LogP contribution in [0.25, 0.3) is 6.08 Å². The summed E-state index contributed by atoms with van der Waals surface area (Å²) in [7, 11) is 0. The zero-order valence-corrected chi connectivity index (χ0v) is 7.74. The first-order valence-corrected chi connectivity index (χ1v) is 4.01. The molecule has 1 aromatic carbocycles. The Kier molecular flexibility index (Phi) is 2.60. The van der Waals surface area contributed by atoms with E-state index < -0.39 is 4.92 Å². The molecular weight excluding hydrogens is 222 g/mol. The molecule has 0 amide bonds. The van der Waals surface area contributed by atoms with E-state index in [2.05, 4.69) is 22.5 Å². The number of non-ortho nitro benzene ring substituents is 1. The summed E-state index contributed by atoms with van der Waals surface area (Å²) < 4.78 is 0.687. The number of benzene rings is 1. The highest BCUT2D eigenvalue weighted by Gasteiger charge is 2.06. The summed E-state index contributed by atoms with van der Waals surface area (Å²) in [6, 6.07) is 4.55. The van der Waals surface area contributed by atoms with Gasteiger partial charge < -0.3 is 0 Å². The fourth-order valence-electron chi connectivity index (χ4n) is 0.795. The van der Waals surface area contributed by atoms with E-state index in [4.69, 9.17) is 0 Å².